The number of phenolic OH excluding ortho intramolecular Hbond substituents is 1. The number of carbonyl (C=O) groups excluding carboxylic acids is 1. The zero-order valence-corrected chi connectivity index (χ0v) is 14.1. The zero-order valence-electron chi connectivity index (χ0n) is 14.1. The monoisotopic (exact) mass is 332 g/mol. The number of amides is 1. The Labute approximate surface area is 141 Å². The summed E-state index contributed by atoms with van der Waals surface area (Å²) in [4.78, 5) is 13.5. The van der Waals surface area contributed by atoms with E-state index < -0.39 is 5.60 Å². The van der Waals surface area contributed by atoms with Crippen LogP contribution in [0.4, 0.5) is 0 Å². The summed E-state index contributed by atoms with van der Waals surface area (Å²) in [5, 5.41) is 10.2. The number of nitrogens with two attached hydrogens (primary N) is 1. The number of aromatic hydroxyl groups is 1. The van der Waals surface area contributed by atoms with Crippen LogP contribution in [-0.2, 0) is 9.53 Å². The largest absolute Gasteiger partial charge is 0.504 e. The van der Waals surface area contributed by atoms with Gasteiger partial charge in [0.25, 0.3) is 0 Å². The second kappa shape index (κ2) is 5.36. The summed E-state index contributed by atoms with van der Waals surface area (Å²) < 4.78 is 12.6. The van der Waals surface area contributed by atoms with Crippen LogP contribution >= 0.6 is 0 Å². The van der Waals surface area contributed by atoms with Crippen molar-refractivity contribution in [1.29, 1.82) is 0 Å². The summed E-state index contributed by atoms with van der Waals surface area (Å²) in [6.07, 6.45) is 1.79. The van der Waals surface area contributed by atoms with Crippen LogP contribution in [0.1, 0.15) is 38.4 Å². The van der Waals surface area contributed by atoms with E-state index in [2.05, 4.69) is 4.90 Å². The van der Waals surface area contributed by atoms with Crippen molar-refractivity contribution in [3.8, 4) is 11.5 Å². The third-order valence-electron chi connectivity index (χ3n) is 5.73. The molecule has 0 aromatic heterocycles. The van der Waals surface area contributed by atoms with Crippen molar-refractivity contribution < 1.29 is 19.4 Å². The number of rotatable bonds is 2. The molecule has 0 spiro atoms. The number of benzene rings is 1. The van der Waals surface area contributed by atoms with Crippen LogP contribution in [0.25, 0.3) is 0 Å². The lowest BCUT2D eigenvalue weighted by Crippen LogP contribution is -2.54. The van der Waals surface area contributed by atoms with Crippen molar-refractivity contribution in [2.24, 2.45) is 11.7 Å². The number of hydrogen-bond donors (Lipinski definition) is 2. The highest BCUT2D eigenvalue weighted by Gasteiger charge is 2.53. The smallest absolute Gasteiger partial charge is 0.231 e. The number of likely N-dealkylation sites (tertiary alicyclic amines) is 1. The molecule has 3 aliphatic heterocycles. The number of ether oxygens (including phenoxy) is 2. The number of hydrogen-bond acceptors (Lipinski definition) is 5. The summed E-state index contributed by atoms with van der Waals surface area (Å²) in [5.41, 5.74) is 5.85. The summed E-state index contributed by atoms with van der Waals surface area (Å²) in [6, 6.07) is 5.64. The summed E-state index contributed by atoms with van der Waals surface area (Å²) in [6.45, 7) is 5.18. The second-order valence-corrected chi connectivity index (χ2v) is 7.63. The lowest BCUT2D eigenvalue weighted by molar-refractivity contribution is -0.163. The molecule has 0 bridgehead atoms. The number of fused-ring (bicyclic) bond motifs is 4. The molecule has 3 heterocycles. The molecule has 0 unspecified atom stereocenters. The molecule has 3 N–H and O–H groups in total. The fraction of sp³-hybridized carbons (Fsp3) is 0.611. The molecule has 1 aromatic carbocycles. The Hall–Kier alpha value is -1.79. The van der Waals surface area contributed by atoms with Gasteiger partial charge in [0, 0.05) is 24.1 Å². The molecule has 4 atom stereocenters. The van der Waals surface area contributed by atoms with E-state index >= 15 is 0 Å². The average Bonchev–Trinajstić information content (AvgIpc) is 2.89. The maximum Gasteiger partial charge on any atom is 0.231 e. The van der Waals surface area contributed by atoms with Gasteiger partial charge < -0.3 is 20.3 Å². The maximum atomic E-state index is 11.3. The molecule has 1 amide bonds. The fourth-order valence-electron chi connectivity index (χ4n) is 4.56. The van der Waals surface area contributed by atoms with E-state index in [9.17, 15) is 9.90 Å². The summed E-state index contributed by atoms with van der Waals surface area (Å²) in [5.74, 6) is 0.550. The van der Waals surface area contributed by atoms with E-state index in [-0.39, 0.29) is 42.4 Å². The standard InChI is InChI=1S/C18H24N2O4/c1-18(2)11-8-12-14(6-7-20(12)9-15(19)22)23-16(11)10-4-3-5-13(21)17(10)24-18/h3-5,11-12,14,16,21H,6-9H2,1-2H3,(H2,19,22)/t11-,12-,14-,16+/m1/s1. The Kier molecular flexibility index (Phi) is 3.51. The van der Waals surface area contributed by atoms with Gasteiger partial charge in [-0.05, 0) is 32.8 Å². The Morgan fingerprint density at radius 3 is 3.00 bits per heavy atom. The van der Waals surface area contributed by atoms with Crippen molar-refractivity contribution in [2.75, 3.05) is 13.1 Å². The number of para-hydroxylation sites is 1. The molecule has 6 nitrogen and oxygen atoms in total. The van der Waals surface area contributed by atoms with E-state index in [1.165, 1.54) is 0 Å². The first-order valence-corrected chi connectivity index (χ1v) is 8.55. The minimum absolute atomic E-state index is 0.0920. The van der Waals surface area contributed by atoms with Crippen LogP contribution < -0.4 is 10.5 Å². The first kappa shape index (κ1) is 15.7. The van der Waals surface area contributed by atoms with Gasteiger partial charge in [0.2, 0.25) is 5.91 Å². The number of nitrogens with zero attached hydrogens (tertiary/aromatic N) is 1. The van der Waals surface area contributed by atoms with Crippen LogP contribution in [0.2, 0.25) is 0 Å². The molecule has 0 saturated carbocycles. The van der Waals surface area contributed by atoms with Crippen molar-refractivity contribution >= 4 is 5.91 Å². The van der Waals surface area contributed by atoms with Gasteiger partial charge in [-0.2, -0.15) is 0 Å². The minimum atomic E-state index is -0.456. The summed E-state index contributed by atoms with van der Waals surface area (Å²) >= 11 is 0. The molecular formula is C18H24N2O4. The lowest BCUT2D eigenvalue weighted by Gasteiger charge is -2.50. The number of primary amides is 1. The maximum absolute atomic E-state index is 11.3. The van der Waals surface area contributed by atoms with E-state index in [0.717, 1.165) is 24.9 Å². The van der Waals surface area contributed by atoms with Gasteiger partial charge in [-0.3, -0.25) is 9.69 Å². The zero-order chi connectivity index (χ0) is 17.1. The number of phenols is 1. The molecule has 2 saturated heterocycles. The highest BCUT2D eigenvalue weighted by molar-refractivity contribution is 5.76. The van der Waals surface area contributed by atoms with E-state index in [0.29, 0.717) is 5.75 Å². The first-order valence-electron chi connectivity index (χ1n) is 8.55. The van der Waals surface area contributed by atoms with Crippen LogP contribution in [0, 0.1) is 5.92 Å². The molecule has 0 aliphatic carbocycles. The van der Waals surface area contributed by atoms with Gasteiger partial charge in [-0.25, -0.2) is 0 Å². The Bertz CT molecular complexity index is 675. The summed E-state index contributed by atoms with van der Waals surface area (Å²) in [7, 11) is 0. The Morgan fingerprint density at radius 1 is 1.46 bits per heavy atom. The predicted octanol–water partition coefficient (Wildman–Crippen LogP) is 1.57. The van der Waals surface area contributed by atoms with Crippen molar-refractivity contribution in [3.05, 3.63) is 23.8 Å². The molecule has 3 aliphatic rings. The molecular weight excluding hydrogens is 308 g/mol. The van der Waals surface area contributed by atoms with Crippen LogP contribution in [0.15, 0.2) is 18.2 Å². The van der Waals surface area contributed by atoms with E-state index in [1.807, 2.05) is 26.0 Å². The van der Waals surface area contributed by atoms with Gasteiger partial charge in [0.15, 0.2) is 11.5 Å². The van der Waals surface area contributed by atoms with Crippen molar-refractivity contribution in [1.82, 2.24) is 4.90 Å². The molecule has 130 valence electrons. The van der Waals surface area contributed by atoms with Crippen molar-refractivity contribution in [3.63, 3.8) is 0 Å². The van der Waals surface area contributed by atoms with Crippen molar-refractivity contribution in [2.45, 2.75) is 50.5 Å². The molecule has 24 heavy (non-hydrogen) atoms. The SMILES string of the molecule is CC1(C)Oc2c(O)cccc2[C@@H]2O[C@@H]3CCN(CC(N)=O)[C@@H]3C[C@H]21. The lowest BCUT2D eigenvalue weighted by atomic mass is 9.74. The normalized spacial score (nSPS) is 33.9. The average molecular weight is 332 g/mol. The van der Waals surface area contributed by atoms with Gasteiger partial charge >= 0.3 is 0 Å². The third-order valence-corrected chi connectivity index (χ3v) is 5.73. The van der Waals surface area contributed by atoms with Gasteiger partial charge in [0.1, 0.15) is 5.60 Å². The minimum Gasteiger partial charge on any atom is -0.504 e. The second-order valence-electron chi connectivity index (χ2n) is 7.63. The Balaban J connectivity index is 1.67. The van der Waals surface area contributed by atoms with Crippen LogP contribution in [0.5, 0.6) is 11.5 Å². The topological polar surface area (TPSA) is 85.0 Å². The molecule has 1 aromatic rings. The van der Waals surface area contributed by atoms with Gasteiger partial charge in [0.05, 0.1) is 18.8 Å². The van der Waals surface area contributed by atoms with Crippen LogP contribution in [-0.4, -0.2) is 46.7 Å². The molecule has 0 radical (unpaired) electrons. The Morgan fingerprint density at radius 2 is 2.25 bits per heavy atom. The number of carbonyl (C=O) groups is 1. The fourth-order valence-corrected chi connectivity index (χ4v) is 4.56. The van der Waals surface area contributed by atoms with Crippen LogP contribution in [0.3, 0.4) is 0 Å². The highest BCUT2D eigenvalue weighted by atomic mass is 16.5. The highest BCUT2D eigenvalue weighted by Crippen LogP contribution is 2.54. The van der Waals surface area contributed by atoms with E-state index in [1.54, 1.807) is 6.07 Å². The van der Waals surface area contributed by atoms with E-state index in [4.69, 9.17) is 15.2 Å². The molecule has 4 rings (SSSR count). The van der Waals surface area contributed by atoms with Gasteiger partial charge in [-0.1, -0.05) is 12.1 Å². The quantitative estimate of drug-likeness (QED) is 0.859. The van der Waals surface area contributed by atoms with Gasteiger partial charge in [-0.15, -0.1) is 0 Å². The molecule has 6 heteroatoms. The predicted molar refractivity (Wildman–Crippen MR) is 87.7 cm³/mol. The third kappa shape index (κ3) is 2.36. The first-order chi connectivity index (χ1) is 11.4. The molecule has 2 fully saturated rings.